The van der Waals surface area contributed by atoms with Gasteiger partial charge >= 0.3 is 0 Å². The molecule has 1 aliphatic heterocycles. The maximum absolute atomic E-state index is 12.0. The molecule has 0 radical (unpaired) electrons. The number of piperidine rings is 1. The van der Waals surface area contributed by atoms with E-state index in [0.717, 1.165) is 30.8 Å². The van der Waals surface area contributed by atoms with E-state index in [1.165, 1.54) is 12.8 Å². The Morgan fingerprint density at radius 2 is 2.35 bits per heavy atom. The lowest BCUT2D eigenvalue weighted by Gasteiger charge is -2.22. The van der Waals surface area contributed by atoms with Gasteiger partial charge in [0.1, 0.15) is 5.75 Å². The minimum Gasteiger partial charge on any atom is -0.495 e. The smallest absolute Gasteiger partial charge is 0.224 e. The van der Waals surface area contributed by atoms with Crippen LogP contribution in [0.15, 0.2) is 18.2 Å². The van der Waals surface area contributed by atoms with Gasteiger partial charge in [-0.05, 0) is 62.9 Å². The van der Waals surface area contributed by atoms with Gasteiger partial charge in [0.25, 0.3) is 0 Å². The predicted molar refractivity (Wildman–Crippen MR) is 81.2 cm³/mol. The standard InChI is InChI=1S/C16H24N2O2/c1-12-5-7-15(20-2)14(10-12)18-16(19)8-6-13-4-3-9-17-11-13/h5,7,10,13,17H,3-4,6,8-9,11H2,1-2H3,(H,18,19). The Bertz CT molecular complexity index is 454. The first-order valence-electron chi connectivity index (χ1n) is 7.34. The van der Waals surface area contributed by atoms with Gasteiger partial charge in [-0.25, -0.2) is 0 Å². The number of hydrogen-bond donors (Lipinski definition) is 2. The SMILES string of the molecule is COc1ccc(C)cc1NC(=O)CCC1CCCNC1. The van der Waals surface area contributed by atoms with Crippen molar-refractivity contribution >= 4 is 11.6 Å². The number of ether oxygens (including phenoxy) is 1. The molecular formula is C16H24N2O2. The van der Waals surface area contributed by atoms with Crippen molar-refractivity contribution in [2.75, 3.05) is 25.5 Å². The molecule has 0 bridgehead atoms. The number of carbonyl (C=O) groups excluding carboxylic acids is 1. The lowest BCUT2D eigenvalue weighted by molar-refractivity contribution is -0.116. The minimum atomic E-state index is 0.0690. The van der Waals surface area contributed by atoms with Crippen molar-refractivity contribution < 1.29 is 9.53 Å². The fourth-order valence-electron chi connectivity index (χ4n) is 2.64. The molecule has 2 N–H and O–H groups in total. The Labute approximate surface area is 120 Å². The third-order valence-electron chi connectivity index (χ3n) is 3.81. The zero-order chi connectivity index (χ0) is 14.4. The lowest BCUT2D eigenvalue weighted by atomic mass is 9.94. The summed E-state index contributed by atoms with van der Waals surface area (Å²) in [5.41, 5.74) is 1.87. The highest BCUT2D eigenvalue weighted by Gasteiger charge is 2.15. The van der Waals surface area contributed by atoms with Crippen molar-refractivity contribution in [3.8, 4) is 5.75 Å². The van der Waals surface area contributed by atoms with Crippen molar-refractivity contribution in [2.45, 2.75) is 32.6 Å². The van der Waals surface area contributed by atoms with Crippen LogP contribution in [0, 0.1) is 12.8 Å². The molecule has 4 heteroatoms. The fourth-order valence-corrected chi connectivity index (χ4v) is 2.64. The van der Waals surface area contributed by atoms with E-state index in [1.54, 1.807) is 7.11 Å². The van der Waals surface area contributed by atoms with Crippen LogP contribution in [0.1, 0.15) is 31.2 Å². The minimum absolute atomic E-state index is 0.0690. The maximum atomic E-state index is 12.0. The van der Waals surface area contributed by atoms with Gasteiger partial charge in [-0.2, -0.15) is 0 Å². The van der Waals surface area contributed by atoms with Crippen LogP contribution in [0.2, 0.25) is 0 Å². The van der Waals surface area contributed by atoms with Gasteiger partial charge in [-0.3, -0.25) is 4.79 Å². The van der Waals surface area contributed by atoms with Crippen molar-refractivity contribution in [3.63, 3.8) is 0 Å². The van der Waals surface area contributed by atoms with Crippen LogP contribution in [0.5, 0.6) is 5.75 Å². The Kier molecular flexibility index (Phi) is 5.41. The second-order valence-electron chi connectivity index (χ2n) is 5.50. The van der Waals surface area contributed by atoms with Gasteiger partial charge in [0.05, 0.1) is 12.8 Å². The molecule has 1 fully saturated rings. The molecule has 0 aliphatic carbocycles. The molecule has 4 nitrogen and oxygen atoms in total. The van der Waals surface area contributed by atoms with E-state index in [1.807, 2.05) is 25.1 Å². The molecule has 1 aromatic rings. The molecule has 1 atom stereocenters. The fraction of sp³-hybridized carbons (Fsp3) is 0.562. The summed E-state index contributed by atoms with van der Waals surface area (Å²) in [6.07, 6.45) is 3.97. The summed E-state index contributed by atoms with van der Waals surface area (Å²) in [4.78, 5) is 12.0. The van der Waals surface area contributed by atoms with Gasteiger partial charge in [0.15, 0.2) is 0 Å². The summed E-state index contributed by atoms with van der Waals surface area (Å²) in [5, 5.41) is 6.34. The third-order valence-corrected chi connectivity index (χ3v) is 3.81. The van der Waals surface area contributed by atoms with E-state index >= 15 is 0 Å². The molecule has 1 amide bonds. The Hall–Kier alpha value is -1.55. The van der Waals surface area contributed by atoms with E-state index < -0.39 is 0 Å². The van der Waals surface area contributed by atoms with Crippen LogP contribution in [0.4, 0.5) is 5.69 Å². The van der Waals surface area contributed by atoms with Gasteiger partial charge in [-0.1, -0.05) is 6.07 Å². The lowest BCUT2D eigenvalue weighted by Crippen LogP contribution is -2.30. The average Bonchev–Trinajstić information content (AvgIpc) is 2.46. The van der Waals surface area contributed by atoms with Crippen molar-refractivity contribution in [2.24, 2.45) is 5.92 Å². The van der Waals surface area contributed by atoms with Crippen LogP contribution in [-0.4, -0.2) is 26.1 Å². The highest BCUT2D eigenvalue weighted by Crippen LogP contribution is 2.25. The van der Waals surface area contributed by atoms with Crippen LogP contribution in [0.25, 0.3) is 0 Å². The number of anilines is 1. The first-order valence-corrected chi connectivity index (χ1v) is 7.34. The highest BCUT2D eigenvalue weighted by atomic mass is 16.5. The number of hydrogen-bond acceptors (Lipinski definition) is 3. The third kappa shape index (κ3) is 4.23. The number of nitrogens with one attached hydrogen (secondary N) is 2. The summed E-state index contributed by atoms with van der Waals surface area (Å²) >= 11 is 0. The van der Waals surface area contributed by atoms with Gasteiger partial charge < -0.3 is 15.4 Å². The highest BCUT2D eigenvalue weighted by molar-refractivity contribution is 5.92. The quantitative estimate of drug-likeness (QED) is 0.869. The summed E-state index contributed by atoms with van der Waals surface area (Å²) in [7, 11) is 1.62. The van der Waals surface area contributed by atoms with E-state index in [4.69, 9.17) is 4.74 Å². The normalized spacial score (nSPS) is 18.6. The zero-order valence-electron chi connectivity index (χ0n) is 12.4. The molecule has 110 valence electrons. The predicted octanol–water partition coefficient (Wildman–Crippen LogP) is 2.72. The Morgan fingerprint density at radius 3 is 3.05 bits per heavy atom. The van der Waals surface area contributed by atoms with E-state index in [9.17, 15) is 4.79 Å². The monoisotopic (exact) mass is 276 g/mol. The van der Waals surface area contributed by atoms with Crippen LogP contribution >= 0.6 is 0 Å². The second-order valence-corrected chi connectivity index (χ2v) is 5.50. The van der Waals surface area contributed by atoms with Crippen molar-refractivity contribution in [1.29, 1.82) is 0 Å². The summed E-state index contributed by atoms with van der Waals surface area (Å²) in [6.45, 7) is 4.16. The molecular weight excluding hydrogens is 252 g/mol. The molecule has 2 rings (SSSR count). The molecule has 0 spiro atoms. The van der Waals surface area contributed by atoms with Crippen LogP contribution in [0.3, 0.4) is 0 Å². The summed E-state index contributed by atoms with van der Waals surface area (Å²) < 4.78 is 5.27. The Balaban J connectivity index is 1.86. The van der Waals surface area contributed by atoms with E-state index in [2.05, 4.69) is 10.6 Å². The van der Waals surface area contributed by atoms with Crippen LogP contribution < -0.4 is 15.4 Å². The zero-order valence-corrected chi connectivity index (χ0v) is 12.4. The number of aryl methyl sites for hydroxylation is 1. The van der Waals surface area contributed by atoms with Gasteiger partial charge in [0.2, 0.25) is 5.91 Å². The summed E-state index contributed by atoms with van der Waals surface area (Å²) in [6, 6.07) is 5.80. The van der Waals surface area contributed by atoms with E-state index in [-0.39, 0.29) is 5.91 Å². The summed E-state index contributed by atoms with van der Waals surface area (Å²) in [5.74, 6) is 1.41. The number of methoxy groups -OCH3 is 1. The number of benzene rings is 1. The number of rotatable bonds is 5. The van der Waals surface area contributed by atoms with Gasteiger partial charge in [0, 0.05) is 6.42 Å². The van der Waals surface area contributed by atoms with E-state index in [0.29, 0.717) is 18.1 Å². The number of carbonyl (C=O) groups is 1. The molecule has 1 aromatic carbocycles. The maximum Gasteiger partial charge on any atom is 0.224 e. The molecule has 0 aromatic heterocycles. The Morgan fingerprint density at radius 1 is 1.50 bits per heavy atom. The topological polar surface area (TPSA) is 50.4 Å². The number of amides is 1. The van der Waals surface area contributed by atoms with Crippen LogP contribution in [-0.2, 0) is 4.79 Å². The molecule has 1 aliphatic rings. The van der Waals surface area contributed by atoms with Crippen molar-refractivity contribution in [1.82, 2.24) is 5.32 Å². The first-order chi connectivity index (χ1) is 9.69. The van der Waals surface area contributed by atoms with Crippen molar-refractivity contribution in [3.05, 3.63) is 23.8 Å². The molecule has 1 saturated heterocycles. The molecule has 0 saturated carbocycles. The molecule has 20 heavy (non-hydrogen) atoms. The molecule has 1 unspecified atom stereocenters. The average molecular weight is 276 g/mol. The first kappa shape index (κ1) is 14.9. The second kappa shape index (κ2) is 7.29. The van der Waals surface area contributed by atoms with Gasteiger partial charge in [-0.15, -0.1) is 0 Å². The largest absolute Gasteiger partial charge is 0.495 e. The molecule has 1 heterocycles.